The smallest absolute Gasteiger partial charge is 0.135 e. The number of rotatable bonds is 5. The van der Waals surface area contributed by atoms with Gasteiger partial charge in [0.1, 0.15) is 18.0 Å². The first-order chi connectivity index (χ1) is 9.22. The fraction of sp³-hybridized carbons (Fsp3) is 0.357. The van der Waals surface area contributed by atoms with E-state index in [-0.39, 0.29) is 0 Å². The van der Waals surface area contributed by atoms with E-state index in [4.69, 9.17) is 0 Å². The first kappa shape index (κ1) is 13.3. The Bertz CT molecular complexity index is 525. The molecule has 0 spiro atoms. The molecule has 5 heteroatoms. The number of anilines is 2. The van der Waals surface area contributed by atoms with Crippen LogP contribution in [0.15, 0.2) is 30.9 Å². The van der Waals surface area contributed by atoms with Gasteiger partial charge in [0.05, 0.1) is 0 Å². The summed E-state index contributed by atoms with van der Waals surface area (Å²) in [6, 6.07) is 3.98. The van der Waals surface area contributed by atoms with Crippen LogP contribution >= 0.6 is 0 Å². The Morgan fingerprint density at radius 1 is 1.11 bits per heavy atom. The second kappa shape index (κ2) is 6.13. The number of aromatic nitrogens is 3. The van der Waals surface area contributed by atoms with Crippen molar-refractivity contribution in [3.63, 3.8) is 0 Å². The Morgan fingerprint density at radius 3 is 2.42 bits per heavy atom. The summed E-state index contributed by atoms with van der Waals surface area (Å²) in [5, 5.41) is 6.48. The summed E-state index contributed by atoms with van der Waals surface area (Å²) in [5.41, 5.74) is 2.29. The van der Waals surface area contributed by atoms with Crippen LogP contribution in [0.5, 0.6) is 0 Å². The van der Waals surface area contributed by atoms with Crippen molar-refractivity contribution in [1.82, 2.24) is 15.0 Å². The largest absolute Gasteiger partial charge is 0.373 e. The summed E-state index contributed by atoms with van der Waals surface area (Å²) in [6.45, 7) is 5.00. The second-order valence-electron chi connectivity index (χ2n) is 4.60. The van der Waals surface area contributed by atoms with E-state index in [2.05, 4.69) is 39.4 Å². The number of nitrogens with one attached hydrogen (secondary N) is 2. The van der Waals surface area contributed by atoms with E-state index >= 15 is 0 Å². The van der Waals surface area contributed by atoms with Gasteiger partial charge in [-0.1, -0.05) is 13.8 Å². The lowest BCUT2D eigenvalue weighted by Gasteiger charge is -2.16. The Balaban J connectivity index is 2.20. The summed E-state index contributed by atoms with van der Waals surface area (Å²) in [7, 11) is 1.88. The molecule has 0 aliphatic heterocycles. The lowest BCUT2D eigenvalue weighted by molar-refractivity contribution is 0.846. The van der Waals surface area contributed by atoms with Gasteiger partial charge in [-0.2, -0.15) is 0 Å². The first-order valence-corrected chi connectivity index (χ1v) is 6.37. The van der Waals surface area contributed by atoms with Crippen LogP contribution in [0.2, 0.25) is 0 Å². The van der Waals surface area contributed by atoms with Crippen LogP contribution in [0.1, 0.15) is 30.9 Å². The molecule has 0 bridgehead atoms. The number of hydrogen-bond acceptors (Lipinski definition) is 5. The molecular formula is C14H19N5. The molecule has 0 fully saturated rings. The maximum absolute atomic E-state index is 4.35. The molecule has 0 amide bonds. The monoisotopic (exact) mass is 257 g/mol. The second-order valence-corrected chi connectivity index (χ2v) is 4.60. The van der Waals surface area contributed by atoms with Crippen LogP contribution in [0, 0.1) is 0 Å². The lowest BCUT2D eigenvalue weighted by atomic mass is 10.0. The molecule has 19 heavy (non-hydrogen) atoms. The summed E-state index contributed by atoms with van der Waals surface area (Å²) >= 11 is 0. The Hall–Kier alpha value is -2.17. The fourth-order valence-corrected chi connectivity index (χ4v) is 1.97. The van der Waals surface area contributed by atoms with Gasteiger partial charge in [0.25, 0.3) is 0 Å². The van der Waals surface area contributed by atoms with Gasteiger partial charge >= 0.3 is 0 Å². The summed E-state index contributed by atoms with van der Waals surface area (Å²) in [4.78, 5) is 12.6. The van der Waals surface area contributed by atoms with E-state index in [1.54, 1.807) is 18.7 Å². The van der Waals surface area contributed by atoms with Gasteiger partial charge in [-0.05, 0) is 23.6 Å². The minimum atomic E-state index is 0.351. The topological polar surface area (TPSA) is 62.7 Å². The molecule has 2 heterocycles. The average molecular weight is 257 g/mol. The highest BCUT2D eigenvalue weighted by Gasteiger charge is 2.13. The molecule has 0 aliphatic rings. The third-order valence-corrected chi connectivity index (χ3v) is 2.91. The van der Waals surface area contributed by atoms with E-state index in [0.717, 1.165) is 23.7 Å². The van der Waals surface area contributed by atoms with Crippen LogP contribution in [0.3, 0.4) is 0 Å². The van der Waals surface area contributed by atoms with Gasteiger partial charge in [0.2, 0.25) is 0 Å². The summed E-state index contributed by atoms with van der Waals surface area (Å²) in [6.07, 6.45) is 5.16. The molecule has 5 nitrogen and oxygen atoms in total. The third-order valence-electron chi connectivity index (χ3n) is 2.91. The summed E-state index contributed by atoms with van der Waals surface area (Å²) < 4.78 is 0. The highest BCUT2D eigenvalue weighted by Crippen LogP contribution is 2.28. The van der Waals surface area contributed by atoms with Crippen molar-refractivity contribution in [3.05, 3.63) is 42.0 Å². The van der Waals surface area contributed by atoms with Crippen LogP contribution in [-0.4, -0.2) is 22.0 Å². The zero-order chi connectivity index (χ0) is 13.7. The van der Waals surface area contributed by atoms with Gasteiger partial charge in [0, 0.05) is 31.5 Å². The fourth-order valence-electron chi connectivity index (χ4n) is 1.97. The SMILES string of the molecule is CNc1ncnc(NCc2ccncc2)c1C(C)C. The normalized spacial score (nSPS) is 10.5. The molecule has 2 aromatic heterocycles. The molecule has 100 valence electrons. The lowest BCUT2D eigenvalue weighted by Crippen LogP contribution is -2.09. The van der Waals surface area contributed by atoms with Crippen molar-refractivity contribution < 1.29 is 0 Å². The average Bonchev–Trinajstić information content (AvgIpc) is 2.45. The van der Waals surface area contributed by atoms with Crippen molar-refractivity contribution in [2.75, 3.05) is 17.7 Å². The quantitative estimate of drug-likeness (QED) is 0.862. The standard InChI is InChI=1S/C14H19N5/c1-10(2)12-13(15-3)18-9-19-14(12)17-8-11-4-6-16-7-5-11/h4-7,9-10H,8H2,1-3H3,(H2,15,17,18,19). The maximum Gasteiger partial charge on any atom is 0.135 e. The van der Waals surface area contributed by atoms with Gasteiger partial charge in [0.15, 0.2) is 0 Å². The van der Waals surface area contributed by atoms with Crippen molar-refractivity contribution in [2.45, 2.75) is 26.3 Å². The minimum Gasteiger partial charge on any atom is -0.373 e. The predicted octanol–water partition coefficient (Wildman–Crippen LogP) is 2.65. The van der Waals surface area contributed by atoms with Gasteiger partial charge in [-0.15, -0.1) is 0 Å². The van der Waals surface area contributed by atoms with Crippen LogP contribution in [0.4, 0.5) is 11.6 Å². The molecule has 0 radical (unpaired) electrons. The van der Waals surface area contributed by atoms with Gasteiger partial charge < -0.3 is 10.6 Å². The molecule has 2 N–H and O–H groups in total. The summed E-state index contributed by atoms with van der Waals surface area (Å²) in [5.74, 6) is 2.11. The van der Waals surface area contributed by atoms with E-state index in [1.165, 1.54) is 5.56 Å². The molecule has 2 rings (SSSR count). The molecule has 0 saturated carbocycles. The Labute approximate surface area is 113 Å². The van der Waals surface area contributed by atoms with Crippen molar-refractivity contribution >= 4 is 11.6 Å². The van der Waals surface area contributed by atoms with E-state index in [1.807, 2.05) is 19.2 Å². The van der Waals surface area contributed by atoms with Crippen LogP contribution in [0.25, 0.3) is 0 Å². The van der Waals surface area contributed by atoms with E-state index in [9.17, 15) is 0 Å². The van der Waals surface area contributed by atoms with E-state index < -0.39 is 0 Å². The molecule has 0 unspecified atom stereocenters. The highest BCUT2D eigenvalue weighted by atomic mass is 15.1. The van der Waals surface area contributed by atoms with E-state index in [0.29, 0.717) is 5.92 Å². The third kappa shape index (κ3) is 3.19. The predicted molar refractivity (Wildman–Crippen MR) is 77.2 cm³/mol. The Kier molecular flexibility index (Phi) is 4.28. The van der Waals surface area contributed by atoms with Crippen LogP contribution in [-0.2, 0) is 6.54 Å². The van der Waals surface area contributed by atoms with Gasteiger partial charge in [-0.3, -0.25) is 4.98 Å². The molecule has 0 atom stereocenters. The maximum atomic E-state index is 4.35. The molecule has 0 aromatic carbocycles. The number of pyridine rings is 1. The molecule has 2 aromatic rings. The molecular weight excluding hydrogens is 238 g/mol. The molecule has 0 saturated heterocycles. The number of nitrogens with zero attached hydrogens (tertiary/aromatic N) is 3. The molecule has 0 aliphatic carbocycles. The first-order valence-electron chi connectivity index (χ1n) is 6.37. The zero-order valence-corrected chi connectivity index (χ0v) is 11.5. The van der Waals surface area contributed by atoms with Gasteiger partial charge in [-0.25, -0.2) is 9.97 Å². The number of hydrogen-bond donors (Lipinski definition) is 2. The van der Waals surface area contributed by atoms with Crippen LogP contribution < -0.4 is 10.6 Å². The zero-order valence-electron chi connectivity index (χ0n) is 11.5. The Morgan fingerprint density at radius 2 is 1.79 bits per heavy atom. The van der Waals surface area contributed by atoms with Crippen molar-refractivity contribution in [1.29, 1.82) is 0 Å². The highest BCUT2D eigenvalue weighted by molar-refractivity contribution is 5.58. The van der Waals surface area contributed by atoms with Crippen molar-refractivity contribution in [3.8, 4) is 0 Å². The van der Waals surface area contributed by atoms with Crippen molar-refractivity contribution in [2.24, 2.45) is 0 Å². The minimum absolute atomic E-state index is 0.351.